The van der Waals surface area contributed by atoms with E-state index < -0.39 is 104 Å². The molecule has 3 N–H and O–H groups in total. The third kappa shape index (κ3) is 7.58. The highest BCUT2D eigenvalue weighted by molar-refractivity contribution is 6.36. The monoisotopic (exact) mass is 834 g/mol. The summed E-state index contributed by atoms with van der Waals surface area (Å²) in [7, 11) is 3.23. The number of imidazole rings is 2. The van der Waals surface area contributed by atoms with Crippen LogP contribution in [0.15, 0.2) is 36.3 Å². The first-order valence-electron chi connectivity index (χ1n) is 22.7. The number of hydrogen-bond donors (Lipinski definition) is 3. The lowest BCUT2D eigenvalue weighted by Gasteiger charge is -2.32. The summed E-state index contributed by atoms with van der Waals surface area (Å²) in [5.41, 5.74) is -1.55. The average Bonchev–Trinajstić information content (AvgIpc) is 4.02. The number of aromatic nitrogens is 4. The van der Waals surface area contributed by atoms with Gasteiger partial charge in [0.2, 0.25) is 0 Å². The molecule has 2 aromatic heterocycles. The Balaban J connectivity index is 1.04. The normalized spacial score (nSPS) is 22.7. The first kappa shape index (κ1) is 33.5. The van der Waals surface area contributed by atoms with Crippen molar-refractivity contribution in [2.45, 2.75) is 90.8 Å². The average molecular weight is 835 g/mol. The summed E-state index contributed by atoms with van der Waals surface area (Å²) in [5, 5.41) is 14.1. The summed E-state index contributed by atoms with van der Waals surface area (Å²) in [6.07, 6.45) is 5.13. The molecule has 2 aliphatic heterocycles. The number of rotatable bonds is 9. The second kappa shape index (κ2) is 15.1. The Morgan fingerprint density at radius 3 is 2.07 bits per heavy atom. The number of nitrogens with zero attached hydrogens (tertiary/aromatic N) is 6. The van der Waals surface area contributed by atoms with Crippen LogP contribution in [0.5, 0.6) is 0 Å². The number of nitrogens with one attached hydrogen (secondary N) is 2. The number of benzene rings is 2. The minimum absolute atomic E-state index is 0.0190. The van der Waals surface area contributed by atoms with Crippen LogP contribution < -0.4 is 10.6 Å². The lowest BCUT2D eigenvalue weighted by molar-refractivity contribution is -0.148. The summed E-state index contributed by atoms with van der Waals surface area (Å²) in [6, 6.07) is -4.88. The number of ether oxygens (including phenoxy) is 1. The zero-order chi connectivity index (χ0) is 47.2. The number of aliphatic carboxylic acids is 1. The summed E-state index contributed by atoms with van der Waals surface area (Å²) in [5.74, 6) is -4.16. The third-order valence-electron chi connectivity index (χ3n) is 12.4. The molecular weight excluding hydrogens is 779 g/mol. The Morgan fingerprint density at radius 2 is 1.46 bits per heavy atom. The predicted octanol–water partition coefficient (Wildman–Crippen LogP) is 7.19. The number of carbonyl (C=O) groups is 4. The SMILES string of the molecule is [2H]c1c([2H])c(NC(=O)c2nc3c(n2C)CCN(C(=O)OC(C)(C)C)C3)c(F)c(-c2c([2H])c([2H])c([2H])c(NC(=O)c3nc4c(n3C)CCN(CCC35CCC(C(=O)O)(CC3)C5)C4)c2Cl)c1[2H]. The summed E-state index contributed by atoms with van der Waals surface area (Å²) < 4.78 is 77.3. The van der Waals surface area contributed by atoms with Crippen LogP contribution in [0.25, 0.3) is 11.1 Å². The van der Waals surface area contributed by atoms with Gasteiger partial charge in [0.15, 0.2) is 17.5 Å². The van der Waals surface area contributed by atoms with Gasteiger partial charge in [-0.25, -0.2) is 19.2 Å². The van der Waals surface area contributed by atoms with Crippen LogP contribution in [-0.4, -0.2) is 83.1 Å². The van der Waals surface area contributed by atoms with Gasteiger partial charge >= 0.3 is 12.1 Å². The van der Waals surface area contributed by atoms with Crippen molar-refractivity contribution in [2.24, 2.45) is 24.9 Å². The molecule has 16 heteroatoms. The van der Waals surface area contributed by atoms with Crippen LogP contribution >= 0.6 is 11.6 Å². The maximum Gasteiger partial charge on any atom is 0.410 e. The van der Waals surface area contributed by atoms with Crippen LogP contribution in [0.2, 0.25) is 5.02 Å². The van der Waals surface area contributed by atoms with Gasteiger partial charge in [0, 0.05) is 69.1 Å². The van der Waals surface area contributed by atoms with Crippen LogP contribution in [0.3, 0.4) is 0 Å². The van der Waals surface area contributed by atoms with Gasteiger partial charge in [0.1, 0.15) is 5.60 Å². The number of carboxylic acids is 1. The summed E-state index contributed by atoms with van der Waals surface area (Å²) in [6.45, 7) is 7.43. The maximum atomic E-state index is 16.8. The van der Waals surface area contributed by atoms with Crippen molar-refractivity contribution < 1.29 is 41.6 Å². The zero-order valence-electron chi connectivity index (χ0n) is 39.6. The summed E-state index contributed by atoms with van der Waals surface area (Å²) >= 11 is 6.80. The number of halogens is 2. The minimum Gasteiger partial charge on any atom is -0.481 e. The fourth-order valence-corrected chi connectivity index (χ4v) is 9.42. The molecule has 0 saturated heterocycles. The Kier molecular flexibility index (Phi) is 8.57. The third-order valence-corrected chi connectivity index (χ3v) is 12.8. The molecule has 0 radical (unpaired) electrons. The van der Waals surface area contributed by atoms with Gasteiger partial charge in [-0.15, -0.1) is 0 Å². The van der Waals surface area contributed by atoms with E-state index >= 15 is 4.39 Å². The Morgan fingerprint density at radius 1 is 0.881 bits per heavy atom. The van der Waals surface area contributed by atoms with Gasteiger partial charge in [-0.2, -0.15) is 0 Å². The molecule has 4 aliphatic rings. The lowest BCUT2D eigenvalue weighted by atomic mass is 9.80. The number of anilines is 2. The van der Waals surface area contributed by atoms with Crippen molar-refractivity contribution in [3.63, 3.8) is 0 Å². The second-order valence-corrected chi connectivity index (χ2v) is 17.6. The van der Waals surface area contributed by atoms with Crippen LogP contribution in [0, 0.1) is 16.6 Å². The predicted molar refractivity (Wildman–Crippen MR) is 219 cm³/mol. The van der Waals surface area contributed by atoms with Gasteiger partial charge in [-0.3, -0.25) is 19.3 Å². The van der Waals surface area contributed by atoms with E-state index in [0.717, 1.165) is 31.5 Å². The molecule has 0 unspecified atom stereocenters. The van der Waals surface area contributed by atoms with Crippen molar-refractivity contribution >= 4 is 46.9 Å². The van der Waals surface area contributed by atoms with E-state index in [9.17, 15) is 24.3 Å². The number of carboxylic acid groups (broad SMARTS) is 1. The van der Waals surface area contributed by atoms with Crippen molar-refractivity contribution in [2.75, 3.05) is 30.3 Å². The van der Waals surface area contributed by atoms with Gasteiger partial charge < -0.3 is 34.5 Å². The molecule has 2 aliphatic carbocycles. The number of amides is 3. The van der Waals surface area contributed by atoms with E-state index in [2.05, 4.69) is 25.5 Å². The lowest BCUT2D eigenvalue weighted by Crippen LogP contribution is -2.40. The molecule has 2 bridgehead atoms. The number of hydrogen-bond acceptors (Lipinski definition) is 8. The molecule has 0 spiro atoms. The first-order chi connectivity index (χ1) is 30.5. The fraction of sp³-hybridized carbons (Fsp3) is 0.488. The van der Waals surface area contributed by atoms with Gasteiger partial charge in [-0.05, 0) is 83.3 Å². The molecule has 4 heterocycles. The van der Waals surface area contributed by atoms with E-state index in [1.54, 1.807) is 39.4 Å². The van der Waals surface area contributed by atoms with Crippen molar-refractivity contribution in [1.29, 1.82) is 0 Å². The summed E-state index contributed by atoms with van der Waals surface area (Å²) in [4.78, 5) is 65.2. The van der Waals surface area contributed by atoms with Gasteiger partial charge in [0.05, 0.1) is 48.0 Å². The van der Waals surface area contributed by atoms with Gasteiger partial charge in [0.25, 0.3) is 11.8 Å². The first-order valence-corrected chi connectivity index (χ1v) is 20.1. The van der Waals surface area contributed by atoms with E-state index in [-0.39, 0.29) is 30.2 Å². The Labute approximate surface area is 355 Å². The molecule has 2 saturated carbocycles. The fourth-order valence-electron chi connectivity index (χ4n) is 9.18. The second-order valence-electron chi connectivity index (χ2n) is 17.3. The molecule has 3 amide bonds. The molecule has 2 fully saturated rings. The van der Waals surface area contributed by atoms with E-state index in [1.165, 1.54) is 9.47 Å². The molecule has 14 nitrogen and oxygen atoms in total. The topological polar surface area (TPSA) is 164 Å². The van der Waals surface area contributed by atoms with Crippen molar-refractivity contribution in [1.82, 2.24) is 28.9 Å². The number of fused-ring (bicyclic) bond motifs is 4. The van der Waals surface area contributed by atoms with Crippen LogP contribution in [-0.2, 0) is 49.6 Å². The van der Waals surface area contributed by atoms with Crippen molar-refractivity contribution in [3.05, 3.63) is 81.5 Å². The zero-order valence-corrected chi connectivity index (χ0v) is 34.4. The smallest absolute Gasteiger partial charge is 0.410 e. The van der Waals surface area contributed by atoms with Crippen molar-refractivity contribution in [3.8, 4) is 11.1 Å². The molecule has 4 aromatic rings. The highest BCUT2D eigenvalue weighted by Crippen LogP contribution is 2.63. The minimum atomic E-state index is -1.42. The highest BCUT2D eigenvalue weighted by Gasteiger charge is 2.57. The Bertz CT molecular complexity index is 2710. The Hall–Kier alpha value is -5.28. The van der Waals surface area contributed by atoms with E-state index in [1.807, 2.05) is 0 Å². The standard InChI is InChI=1S/C43H50ClFN8O6/c1-41(2,3)59-40(58)53-20-13-32-30(23-53)47-36(51(32)5)38(55)49-28-11-7-9-26(34(28)45)25-8-6-10-27(33(25)44)48-37(54)35-46-29-22-52(19-12-31(29)50(35)4)21-18-42-14-16-43(24-42,17-15-42)39(56)57/h6-11H,12-24H2,1-5H3,(H,48,54)(H,49,55)(H,56,57)/i6D,7D,8D,9D,10D,11D. The van der Waals surface area contributed by atoms with Crippen LogP contribution in [0.1, 0.15) is 112 Å². The van der Waals surface area contributed by atoms with Gasteiger partial charge in [-0.1, -0.05) is 35.8 Å². The highest BCUT2D eigenvalue weighted by atomic mass is 35.5. The van der Waals surface area contributed by atoms with E-state index in [0.29, 0.717) is 62.3 Å². The van der Waals surface area contributed by atoms with E-state index in [4.69, 9.17) is 24.6 Å². The number of carbonyl (C=O) groups excluding carboxylic acids is 3. The molecule has 8 rings (SSSR count). The van der Waals surface area contributed by atoms with Crippen LogP contribution in [0.4, 0.5) is 20.6 Å². The molecule has 0 atom stereocenters. The maximum absolute atomic E-state index is 16.8. The largest absolute Gasteiger partial charge is 0.481 e. The molecule has 2 aromatic carbocycles. The molecule has 59 heavy (non-hydrogen) atoms. The quantitative estimate of drug-likeness (QED) is 0.158. The molecular formula is C43H50ClFN8O6. The molecule has 312 valence electrons.